The highest BCUT2D eigenvalue weighted by molar-refractivity contribution is 7.09. The van der Waals surface area contributed by atoms with E-state index in [0.29, 0.717) is 6.04 Å². The van der Waals surface area contributed by atoms with Gasteiger partial charge in [-0.25, -0.2) is 0 Å². The van der Waals surface area contributed by atoms with Crippen LogP contribution >= 0.6 is 11.3 Å². The maximum atomic E-state index is 4.74. The molecule has 0 unspecified atom stereocenters. The minimum Gasteiger partial charge on any atom is -0.308 e. The van der Waals surface area contributed by atoms with Gasteiger partial charge >= 0.3 is 0 Å². The SMILES string of the molecule is Cc1nn(C(C)C)c(C)c1CN(CCN(C)C)Cc1cccs1. The zero-order valence-electron chi connectivity index (χ0n) is 15.3. The van der Waals surface area contributed by atoms with E-state index in [9.17, 15) is 0 Å². The van der Waals surface area contributed by atoms with Crippen LogP contribution in [-0.4, -0.2) is 46.8 Å². The largest absolute Gasteiger partial charge is 0.308 e. The van der Waals surface area contributed by atoms with Gasteiger partial charge in [-0.05, 0) is 53.2 Å². The number of aryl methyl sites for hydroxylation is 1. The summed E-state index contributed by atoms with van der Waals surface area (Å²) >= 11 is 1.84. The molecule has 0 aliphatic heterocycles. The Bertz CT molecular complexity index is 599. The Morgan fingerprint density at radius 1 is 1.17 bits per heavy atom. The third-order valence-corrected chi connectivity index (χ3v) is 5.03. The van der Waals surface area contributed by atoms with Crippen LogP contribution in [0, 0.1) is 13.8 Å². The summed E-state index contributed by atoms with van der Waals surface area (Å²) in [6.45, 7) is 12.8. The summed E-state index contributed by atoms with van der Waals surface area (Å²) in [6, 6.07) is 4.78. The topological polar surface area (TPSA) is 24.3 Å². The molecule has 5 heteroatoms. The molecular formula is C18H30N4S. The van der Waals surface area contributed by atoms with Gasteiger partial charge in [0.25, 0.3) is 0 Å². The Hall–Kier alpha value is -1.17. The van der Waals surface area contributed by atoms with Gasteiger partial charge in [0.15, 0.2) is 0 Å². The van der Waals surface area contributed by atoms with Crippen molar-refractivity contribution in [1.82, 2.24) is 19.6 Å². The molecule has 0 bridgehead atoms. The van der Waals surface area contributed by atoms with Gasteiger partial charge in [-0.2, -0.15) is 5.10 Å². The number of hydrogen-bond donors (Lipinski definition) is 0. The Kier molecular flexibility index (Phi) is 6.39. The molecular weight excluding hydrogens is 304 g/mol. The second-order valence-electron chi connectivity index (χ2n) is 6.78. The van der Waals surface area contributed by atoms with E-state index in [1.165, 1.54) is 16.1 Å². The van der Waals surface area contributed by atoms with Crippen molar-refractivity contribution in [1.29, 1.82) is 0 Å². The minimum atomic E-state index is 0.412. The fraction of sp³-hybridized carbons (Fsp3) is 0.611. The van der Waals surface area contributed by atoms with Gasteiger partial charge in [-0.3, -0.25) is 9.58 Å². The molecule has 0 atom stereocenters. The van der Waals surface area contributed by atoms with E-state index in [4.69, 9.17) is 5.10 Å². The first kappa shape index (κ1) is 18.2. The molecule has 0 N–H and O–H groups in total. The van der Waals surface area contributed by atoms with E-state index in [0.717, 1.165) is 31.9 Å². The van der Waals surface area contributed by atoms with E-state index >= 15 is 0 Å². The van der Waals surface area contributed by atoms with Crippen LogP contribution in [0.3, 0.4) is 0 Å². The third kappa shape index (κ3) is 4.90. The lowest BCUT2D eigenvalue weighted by Crippen LogP contribution is -2.31. The standard InChI is InChI=1S/C18H30N4S/c1-14(2)22-16(4)18(15(3)19-22)13-21(10-9-20(5)6)12-17-8-7-11-23-17/h7-8,11,14H,9-10,12-13H2,1-6H3. The number of rotatable bonds is 8. The van der Waals surface area contributed by atoms with Crippen LogP contribution in [0.25, 0.3) is 0 Å². The number of aromatic nitrogens is 2. The van der Waals surface area contributed by atoms with Crippen LogP contribution in [0.2, 0.25) is 0 Å². The highest BCUT2D eigenvalue weighted by Gasteiger charge is 2.17. The Morgan fingerprint density at radius 3 is 2.43 bits per heavy atom. The summed E-state index contributed by atoms with van der Waals surface area (Å²) in [4.78, 5) is 6.21. The molecule has 0 saturated heterocycles. The third-order valence-electron chi connectivity index (χ3n) is 4.17. The first-order valence-corrected chi connectivity index (χ1v) is 9.20. The predicted octanol–water partition coefficient (Wildman–Crippen LogP) is 3.71. The molecule has 0 aliphatic rings. The van der Waals surface area contributed by atoms with Crippen molar-refractivity contribution in [3.63, 3.8) is 0 Å². The summed E-state index contributed by atoms with van der Waals surface area (Å²) in [5.41, 5.74) is 3.85. The van der Waals surface area contributed by atoms with Crippen molar-refractivity contribution in [2.45, 2.75) is 46.8 Å². The molecule has 2 aromatic rings. The van der Waals surface area contributed by atoms with Gasteiger partial charge in [0.2, 0.25) is 0 Å². The lowest BCUT2D eigenvalue weighted by Gasteiger charge is -2.24. The van der Waals surface area contributed by atoms with Crippen LogP contribution in [0.1, 0.15) is 41.7 Å². The number of nitrogens with zero attached hydrogens (tertiary/aromatic N) is 4. The summed E-state index contributed by atoms with van der Waals surface area (Å²) in [6.07, 6.45) is 0. The summed E-state index contributed by atoms with van der Waals surface area (Å²) < 4.78 is 2.15. The molecule has 0 aliphatic carbocycles. The molecule has 2 rings (SSSR count). The van der Waals surface area contributed by atoms with Crippen LogP contribution in [-0.2, 0) is 13.1 Å². The van der Waals surface area contributed by atoms with Gasteiger partial charge < -0.3 is 4.90 Å². The van der Waals surface area contributed by atoms with Crippen molar-refractivity contribution in [2.75, 3.05) is 27.2 Å². The summed E-state index contributed by atoms with van der Waals surface area (Å²) in [7, 11) is 4.27. The van der Waals surface area contributed by atoms with E-state index in [-0.39, 0.29) is 0 Å². The van der Waals surface area contributed by atoms with Gasteiger partial charge in [-0.1, -0.05) is 6.07 Å². The van der Waals surface area contributed by atoms with Crippen molar-refractivity contribution < 1.29 is 0 Å². The molecule has 0 aromatic carbocycles. The quantitative estimate of drug-likeness (QED) is 0.735. The second-order valence-corrected chi connectivity index (χ2v) is 7.81. The van der Waals surface area contributed by atoms with Crippen LogP contribution < -0.4 is 0 Å². The Labute approximate surface area is 144 Å². The van der Waals surface area contributed by atoms with Gasteiger partial charge in [0.05, 0.1) is 5.69 Å². The highest BCUT2D eigenvalue weighted by Crippen LogP contribution is 2.21. The lowest BCUT2D eigenvalue weighted by atomic mass is 10.1. The first-order chi connectivity index (χ1) is 10.9. The van der Waals surface area contributed by atoms with E-state index in [1.807, 2.05) is 11.3 Å². The molecule has 0 amide bonds. The van der Waals surface area contributed by atoms with Crippen LogP contribution in [0.15, 0.2) is 17.5 Å². The zero-order chi connectivity index (χ0) is 17.0. The molecule has 128 valence electrons. The Balaban J connectivity index is 2.16. The average molecular weight is 335 g/mol. The van der Waals surface area contributed by atoms with E-state index in [2.05, 4.69) is 73.8 Å². The monoisotopic (exact) mass is 334 g/mol. The lowest BCUT2D eigenvalue weighted by molar-refractivity contribution is 0.227. The number of likely N-dealkylation sites (N-methyl/N-ethyl adjacent to an activating group) is 1. The van der Waals surface area contributed by atoms with Crippen LogP contribution in [0.4, 0.5) is 0 Å². The molecule has 0 radical (unpaired) electrons. The fourth-order valence-corrected chi connectivity index (χ4v) is 3.58. The minimum absolute atomic E-state index is 0.412. The molecule has 2 aromatic heterocycles. The van der Waals surface area contributed by atoms with Crippen molar-refractivity contribution >= 4 is 11.3 Å². The first-order valence-electron chi connectivity index (χ1n) is 8.32. The number of thiophene rings is 1. The smallest absolute Gasteiger partial charge is 0.0641 e. The van der Waals surface area contributed by atoms with Crippen molar-refractivity contribution in [3.8, 4) is 0 Å². The average Bonchev–Trinajstić information content (AvgIpc) is 3.07. The van der Waals surface area contributed by atoms with Crippen molar-refractivity contribution in [2.24, 2.45) is 0 Å². The normalized spacial score (nSPS) is 12.0. The second kappa shape index (κ2) is 8.08. The van der Waals surface area contributed by atoms with Gasteiger partial charge in [-0.15, -0.1) is 11.3 Å². The maximum Gasteiger partial charge on any atom is 0.0641 e. The van der Waals surface area contributed by atoms with E-state index in [1.54, 1.807) is 0 Å². The van der Waals surface area contributed by atoms with Gasteiger partial charge in [0.1, 0.15) is 0 Å². The molecule has 0 spiro atoms. The molecule has 4 nitrogen and oxygen atoms in total. The molecule has 0 saturated carbocycles. The van der Waals surface area contributed by atoms with Crippen LogP contribution in [0.5, 0.6) is 0 Å². The van der Waals surface area contributed by atoms with E-state index < -0.39 is 0 Å². The molecule has 0 fully saturated rings. The summed E-state index contributed by atoms with van der Waals surface area (Å²) in [5.74, 6) is 0. The van der Waals surface area contributed by atoms with Crippen molar-refractivity contribution in [3.05, 3.63) is 39.3 Å². The zero-order valence-corrected chi connectivity index (χ0v) is 16.2. The Morgan fingerprint density at radius 2 is 1.91 bits per heavy atom. The molecule has 23 heavy (non-hydrogen) atoms. The maximum absolute atomic E-state index is 4.74. The van der Waals surface area contributed by atoms with Gasteiger partial charge in [0, 0.05) is 48.4 Å². The molecule has 2 heterocycles. The number of hydrogen-bond acceptors (Lipinski definition) is 4. The fourth-order valence-electron chi connectivity index (χ4n) is 2.83. The summed E-state index contributed by atoms with van der Waals surface area (Å²) in [5, 5.41) is 6.90. The highest BCUT2D eigenvalue weighted by atomic mass is 32.1. The predicted molar refractivity (Wildman–Crippen MR) is 99.1 cm³/mol.